The van der Waals surface area contributed by atoms with Crippen molar-refractivity contribution in [3.63, 3.8) is 0 Å². The van der Waals surface area contributed by atoms with Gasteiger partial charge in [0.05, 0.1) is 18.8 Å². The molecule has 0 aliphatic carbocycles. The van der Waals surface area contributed by atoms with E-state index in [1.54, 1.807) is 0 Å². The Bertz CT molecular complexity index is 477. The molecular weight excluding hydrogens is 328 g/mol. The van der Waals surface area contributed by atoms with Crippen molar-refractivity contribution in [3.05, 3.63) is 0 Å². The Labute approximate surface area is 159 Å². The van der Waals surface area contributed by atoms with Crippen molar-refractivity contribution in [2.24, 2.45) is 16.3 Å². The molecule has 0 aromatic carbocycles. The van der Waals surface area contributed by atoms with Crippen molar-refractivity contribution in [2.75, 3.05) is 46.4 Å². The van der Waals surface area contributed by atoms with E-state index in [-0.39, 0.29) is 11.5 Å². The van der Waals surface area contributed by atoms with Crippen LogP contribution in [0.15, 0.2) is 4.99 Å². The summed E-state index contributed by atoms with van der Waals surface area (Å²) in [6, 6.07) is 0.657. The topological polar surface area (TPSA) is 58.1 Å². The van der Waals surface area contributed by atoms with E-state index in [0.717, 1.165) is 45.2 Å². The van der Waals surface area contributed by atoms with Crippen molar-refractivity contribution < 1.29 is 9.47 Å². The summed E-state index contributed by atoms with van der Waals surface area (Å²) < 4.78 is 12.1. The molecule has 4 atom stereocenters. The smallest absolute Gasteiger partial charge is 0.191 e. The van der Waals surface area contributed by atoms with Crippen LogP contribution in [-0.4, -0.2) is 75.5 Å². The number of morpholine rings is 1. The van der Waals surface area contributed by atoms with Crippen LogP contribution in [0.2, 0.25) is 0 Å². The van der Waals surface area contributed by atoms with Gasteiger partial charge in [-0.05, 0) is 37.6 Å². The van der Waals surface area contributed by atoms with E-state index in [4.69, 9.17) is 9.47 Å². The Balaban J connectivity index is 1.43. The highest BCUT2D eigenvalue weighted by atomic mass is 16.5. The van der Waals surface area contributed by atoms with E-state index >= 15 is 0 Å². The van der Waals surface area contributed by atoms with Crippen LogP contribution in [0.1, 0.15) is 46.5 Å². The maximum absolute atomic E-state index is 6.09. The Morgan fingerprint density at radius 3 is 2.69 bits per heavy atom. The molecule has 3 heterocycles. The van der Waals surface area contributed by atoms with E-state index in [0.29, 0.717) is 18.1 Å². The molecule has 0 bridgehead atoms. The number of nitrogens with one attached hydrogen (secondary N) is 2. The van der Waals surface area contributed by atoms with E-state index in [1.807, 2.05) is 7.05 Å². The summed E-state index contributed by atoms with van der Waals surface area (Å²) in [6.45, 7) is 12.6. The normalized spacial score (nSPS) is 33.8. The molecule has 3 aliphatic rings. The highest BCUT2D eigenvalue weighted by Gasteiger charge is 2.35. The standard InChI is InChI=1S/C20H38N4O2/c1-20(2,3)18-15(7-6-10-25-18)11-22-19(21-4)23-12-17-13-24-9-5-8-16(24)14-26-17/h15-18H,5-14H2,1-4H3,(H2,21,22,23). The predicted octanol–water partition coefficient (Wildman–Crippen LogP) is 1.86. The molecule has 0 saturated carbocycles. The van der Waals surface area contributed by atoms with Crippen LogP contribution in [-0.2, 0) is 9.47 Å². The van der Waals surface area contributed by atoms with Crippen LogP contribution in [0, 0.1) is 11.3 Å². The lowest BCUT2D eigenvalue weighted by Crippen LogP contribution is -2.52. The molecule has 0 aromatic heterocycles. The van der Waals surface area contributed by atoms with E-state index < -0.39 is 0 Å². The van der Waals surface area contributed by atoms with Crippen molar-refractivity contribution in [2.45, 2.75) is 64.7 Å². The molecule has 0 aromatic rings. The summed E-state index contributed by atoms with van der Waals surface area (Å²) in [4.78, 5) is 6.98. The average Bonchev–Trinajstić information content (AvgIpc) is 3.09. The monoisotopic (exact) mass is 366 g/mol. The van der Waals surface area contributed by atoms with Gasteiger partial charge in [-0.2, -0.15) is 0 Å². The van der Waals surface area contributed by atoms with Gasteiger partial charge in [0.15, 0.2) is 5.96 Å². The lowest BCUT2D eigenvalue weighted by molar-refractivity contribution is -0.0835. The van der Waals surface area contributed by atoms with Gasteiger partial charge in [0.25, 0.3) is 0 Å². The third kappa shape index (κ3) is 5.11. The van der Waals surface area contributed by atoms with Gasteiger partial charge in [-0.1, -0.05) is 20.8 Å². The van der Waals surface area contributed by atoms with Crippen molar-refractivity contribution in [1.29, 1.82) is 0 Å². The zero-order valence-corrected chi connectivity index (χ0v) is 17.1. The molecule has 150 valence electrons. The summed E-state index contributed by atoms with van der Waals surface area (Å²) in [5.41, 5.74) is 0.173. The minimum absolute atomic E-state index is 0.173. The predicted molar refractivity (Wildman–Crippen MR) is 106 cm³/mol. The Hall–Kier alpha value is -0.850. The van der Waals surface area contributed by atoms with Gasteiger partial charge >= 0.3 is 0 Å². The lowest BCUT2D eigenvalue weighted by Gasteiger charge is -2.40. The van der Waals surface area contributed by atoms with E-state index in [2.05, 4.69) is 41.3 Å². The van der Waals surface area contributed by atoms with Gasteiger partial charge in [-0.15, -0.1) is 0 Å². The first kappa shape index (κ1) is 19.9. The summed E-state index contributed by atoms with van der Waals surface area (Å²) in [5.74, 6) is 1.40. The molecular formula is C20H38N4O2. The molecule has 3 rings (SSSR count). The van der Waals surface area contributed by atoms with Gasteiger partial charge in [-0.3, -0.25) is 9.89 Å². The van der Waals surface area contributed by atoms with Crippen LogP contribution in [0.25, 0.3) is 0 Å². The third-order valence-electron chi connectivity index (χ3n) is 6.01. The molecule has 0 amide bonds. The van der Waals surface area contributed by atoms with Gasteiger partial charge in [-0.25, -0.2) is 0 Å². The second-order valence-electron chi connectivity index (χ2n) is 9.14. The molecule has 26 heavy (non-hydrogen) atoms. The zero-order valence-electron chi connectivity index (χ0n) is 17.1. The fourth-order valence-corrected chi connectivity index (χ4v) is 4.68. The van der Waals surface area contributed by atoms with Crippen molar-refractivity contribution in [3.8, 4) is 0 Å². The molecule has 6 heteroatoms. The number of ether oxygens (including phenoxy) is 2. The summed E-state index contributed by atoms with van der Waals surface area (Å²) >= 11 is 0. The Morgan fingerprint density at radius 1 is 1.12 bits per heavy atom. The molecule has 3 aliphatic heterocycles. The number of aliphatic imine (C=N–C) groups is 1. The van der Waals surface area contributed by atoms with Gasteiger partial charge in [0.2, 0.25) is 0 Å². The van der Waals surface area contributed by atoms with E-state index in [1.165, 1.54) is 25.8 Å². The molecule has 0 radical (unpaired) electrons. The second kappa shape index (κ2) is 8.89. The quantitative estimate of drug-likeness (QED) is 0.587. The fourth-order valence-electron chi connectivity index (χ4n) is 4.68. The highest BCUT2D eigenvalue weighted by molar-refractivity contribution is 5.79. The molecule has 3 saturated heterocycles. The zero-order chi connectivity index (χ0) is 18.6. The first-order valence-corrected chi connectivity index (χ1v) is 10.4. The number of fused-ring (bicyclic) bond motifs is 1. The number of rotatable bonds is 4. The van der Waals surface area contributed by atoms with Gasteiger partial charge in [0.1, 0.15) is 0 Å². The summed E-state index contributed by atoms with van der Waals surface area (Å²) in [7, 11) is 1.84. The number of hydrogen-bond donors (Lipinski definition) is 2. The fraction of sp³-hybridized carbons (Fsp3) is 0.950. The lowest BCUT2D eigenvalue weighted by atomic mass is 9.78. The Morgan fingerprint density at radius 2 is 1.92 bits per heavy atom. The van der Waals surface area contributed by atoms with E-state index in [9.17, 15) is 0 Å². The van der Waals surface area contributed by atoms with Crippen LogP contribution in [0.3, 0.4) is 0 Å². The van der Waals surface area contributed by atoms with Gasteiger partial charge < -0.3 is 20.1 Å². The second-order valence-corrected chi connectivity index (χ2v) is 9.14. The SMILES string of the molecule is CN=C(NCC1CN2CCCC2CO1)NCC1CCCOC1C(C)(C)C. The Kier molecular flexibility index (Phi) is 6.81. The van der Waals surface area contributed by atoms with Crippen LogP contribution < -0.4 is 10.6 Å². The molecule has 4 unspecified atom stereocenters. The third-order valence-corrected chi connectivity index (χ3v) is 6.01. The van der Waals surface area contributed by atoms with Crippen LogP contribution in [0.4, 0.5) is 0 Å². The number of nitrogens with zero attached hydrogens (tertiary/aromatic N) is 2. The minimum Gasteiger partial charge on any atom is -0.377 e. The maximum atomic E-state index is 6.09. The first-order valence-electron chi connectivity index (χ1n) is 10.4. The maximum Gasteiger partial charge on any atom is 0.191 e. The minimum atomic E-state index is 0.173. The van der Waals surface area contributed by atoms with Gasteiger partial charge in [0, 0.05) is 45.2 Å². The molecule has 0 spiro atoms. The highest BCUT2D eigenvalue weighted by Crippen LogP contribution is 2.33. The van der Waals surface area contributed by atoms with Crippen molar-refractivity contribution >= 4 is 5.96 Å². The molecule has 6 nitrogen and oxygen atoms in total. The average molecular weight is 367 g/mol. The number of guanidine groups is 1. The van der Waals surface area contributed by atoms with Crippen LogP contribution in [0.5, 0.6) is 0 Å². The summed E-state index contributed by atoms with van der Waals surface area (Å²) in [6.07, 6.45) is 5.53. The summed E-state index contributed by atoms with van der Waals surface area (Å²) in [5, 5.41) is 6.98. The number of hydrogen-bond acceptors (Lipinski definition) is 4. The van der Waals surface area contributed by atoms with Crippen LogP contribution >= 0.6 is 0 Å². The molecule has 3 fully saturated rings. The van der Waals surface area contributed by atoms with Crippen molar-refractivity contribution in [1.82, 2.24) is 15.5 Å². The molecule has 2 N–H and O–H groups in total. The largest absolute Gasteiger partial charge is 0.377 e. The first-order chi connectivity index (χ1) is 12.5.